The van der Waals surface area contributed by atoms with Crippen LogP contribution in [0.15, 0.2) is 51.8 Å². The van der Waals surface area contributed by atoms with Crippen LogP contribution in [0.1, 0.15) is 16.1 Å². The summed E-state index contributed by atoms with van der Waals surface area (Å²) in [5, 5.41) is 11.3. The number of amides is 1. The van der Waals surface area contributed by atoms with Gasteiger partial charge in [0.1, 0.15) is 0 Å². The second-order valence-electron chi connectivity index (χ2n) is 7.12. The highest BCUT2D eigenvalue weighted by atomic mass is 32.2. The average Bonchev–Trinajstić information content (AvgIpc) is 3.11. The number of rotatable bonds is 4. The molecule has 31 heavy (non-hydrogen) atoms. The van der Waals surface area contributed by atoms with Crippen molar-refractivity contribution in [1.29, 1.82) is 0 Å². The van der Waals surface area contributed by atoms with E-state index in [4.69, 9.17) is 4.42 Å². The summed E-state index contributed by atoms with van der Waals surface area (Å²) in [7, 11) is -3.85. The molecule has 4 rings (SSSR count). The van der Waals surface area contributed by atoms with E-state index in [0.29, 0.717) is 10.9 Å². The van der Waals surface area contributed by atoms with Crippen molar-refractivity contribution in [1.82, 2.24) is 9.21 Å². The van der Waals surface area contributed by atoms with Gasteiger partial charge in [-0.05, 0) is 25.1 Å². The minimum absolute atomic E-state index is 0.0164. The third-order valence-corrected chi connectivity index (χ3v) is 7.23. The maximum Gasteiger partial charge on any atom is 0.289 e. The van der Waals surface area contributed by atoms with Crippen molar-refractivity contribution >= 4 is 32.6 Å². The number of fused-ring (bicyclic) bond motifs is 1. The van der Waals surface area contributed by atoms with Gasteiger partial charge in [-0.3, -0.25) is 14.9 Å². The smallest absolute Gasteiger partial charge is 0.289 e. The number of carbonyl (C=O) groups excluding carboxylic acids is 1. The van der Waals surface area contributed by atoms with Crippen molar-refractivity contribution in [2.45, 2.75) is 11.8 Å². The van der Waals surface area contributed by atoms with Crippen molar-refractivity contribution in [2.24, 2.45) is 0 Å². The van der Waals surface area contributed by atoms with E-state index in [2.05, 4.69) is 0 Å². The third kappa shape index (κ3) is 3.66. The second kappa shape index (κ2) is 7.75. The molecule has 0 bridgehead atoms. The van der Waals surface area contributed by atoms with Crippen molar-refractivity contribution in [3.05, 3.63) is 69.7 Å². The Morgan fingerprint density at radius 2 is 1.74 bits per heavy atom. The number of non-ortho nitro benzene ring substituents is 1. The number of nitro benzene ring substituents is 1. The zero-order chi connectivity index (χ0) is 22.3. The van der Waals surface area contributed by atoms with Gasteiger partial charge >= 0.3 is 0 Å². The molecular formula is C20H18FN3O6S. The molecule has 3 aromatic rings. The molecule has 0 saturated carbocycles. The van der Waals surface area contributed by atoms with Crippen molar-refractivity contribution in [3.8, 4) is 0 Å². The van der Waals surface area contributed by atoms with Crippen LogP contribution in [-0.2, 0) is 10.0 Å². The lowest BCUT2D eigenvalue weighted by Gasteiger charge is -2.33. The highest BCUT2D eigenvalue weighted by Crippen LogP contribution is 2.29. The number of aryl methyl sites for hydroxylation is 1. The van der Waals surface area contributed by atoms with E-state index in [0.717, 1.165) is 12.1 Å². The first-order valence-electron chi connectivity index (χ1n) is 9.41. The first-order chi connectivity index (χ1) is 14.7. The van der Waals surface area contributed by atoms with Crippen LogP contribution in [0.2, 0.25) is 0 Å². The molecule has 2 heterocycles. The predicted molar refractivity (Wildman–Crippen MR) is 109 cm³/mol. The largest absolute Gasteiger partial charge is 0.448 e. The highest BCUT2D eigenvalue weighted by molar-refractivity contribution is 7.89. The fourth-order valence-corrected chi connectivity index (χ4v) is 5.00. The van der Waals surface area contributed by atoms with Gasteiger partial charge in [-0.2, -0.15) is 4.31 Å². The van der Waals surface area contributed by atoms with Gasteiger partial charge in [-0.25, -0.2) is 12.8 Å². The Labute approximate surface area is 176 Å². The minimum Gasteiger partial charge on any atom is -0.448 e. The van der Waals surface area contributed by atoms with Gasteiger partial charge in [-0.1, -0.05) is 12.1 Å². The molecule has 11 heteroatoms. The standard InChI is InChI=1S/C20H18FN3O6S/c1-13-16-3-2-4-17(21)19(16)30-18(13)20(25)22-9-11-23(12-10-22)31(28,29)15-7-5-14(6-8-15)24(26)27/h2-8H,9-12H2,1H3. The molecule has 1 saturated heterocycles. The molecule has 2 aromatic carbocycles. The van der Waals surface area contributed by atoms with Crippen LogP contribution in [0, 0.1) is 22.9 Å². The van der Waals surface area contributed by atoms with Crippen LogP contribution in [-0.4, -0.2) is 54.6 Å². The molecule has 1 aromatic heterocycles. The lowest BCUT2D eigenvalue weighted by molar-refractivity contribution is -0.384. The van der Waals surface area contributed by atoms with E-state index >= 15 is 0 Å². The fourth-order valence-electron chi connectivity index (χ4n) is 3.58. The molecular weight excluding hydrogens is 429 g/mol. The number of para-hydroxylation sites is 1. The predicted octanol–water partition coefficient (Wildman–Crippen LogP) is 2.94. The quantitative estimate of drug-likeness (QED) is 0.449. The average molecular weight is 447 g/mol. The Balaban J connectivity index is 1.49. The van der Waals surface area contributed by atoms with Crippen molar-refractivity contribution in [2.75, 3.05) is 26.2 Å². The van der Waals surface area contributed by atoms with Gasteiger partial charge in [0.25, 0.3) is 11.6 Å². The first kappa shape index (κ1) is 20.9. The molecule has 1 amide bonds. The summed E-state index contributed by atoms with van der Waals surface area (Å²) in [6, 6.07) is 9.11. The van der Waals surface area contributed by atoms with Crippen LogP contribution in [0.3, 0.4) is 0 Å². The summed E-state index contributed by atoms with van der Waals surface area (Å²) < 4.78 is 46.3. The normalized spacial score (nSPS) is 15.4. The Morgan fingerprint density at radius 3 is 2.32 bits per heavy atom. The van der Waals surface area contributed by atoms with E-state index in [-0.39, 0.29) is 48.1 Å². The van der Waals surface area contributed by atoms with Gasteiger partial charge in [-0.15, -0.1) is 0 Å². The Kier molecular flexibility index (Phi) is 5.23. The van der Waals surface area contributed by atoms with Crippen molar-refractivity contribution < 1.29 is 26.9 Å². The van der Waals surface area contributed by atoms with Gasteiger partial charge in [0.05, 0.1) is 9.82 Å². The van der Waals surface area contributed by atoms with Crippen LogP contribution in [0.5, 0.6) is 0 Å². The maximum absolute atomic E-state index is 14.0. The monoisotopic (exact) mass is 447 g/mol. The van der Waals surface area contributed by atoms with Gasteiger partial charge in [0.2, 0.25) is 10.0 Å². The molecule has 0 aliphatic carbocycles. The number of hydrogen-bond donors (Lipinski definition) is 0. The van der Waals surface area contributed by atoms with E-state index in [9.17, 15) is 27.7 Å². The number of piperazine rings is 1. The molecule has 0 atom stereocenters. The number of halogens is 1. The molecule has 1 aliphatic heterocycles. The molecule has 9 nitrogen and oxygen atoms in total. The van der Waals surface area contributed by atoms with Crippen LogP contribution in [0.4, 0.5) is 10.1 Å². The highest BCUT2D eigenvalue weighted by Gasteiger charge is 2.32. The first-order valence-corrected chi connectivity index (χ1v) is 10.9. The van der Waals surface area contributed by atoms with Crippen LogP contribution in [0.25, 0.3) is 11.0 Å². The summed E-state index contributed by atoms with van der Waals surface area (Å²) in [5.74, 6) is -0.953. The summed E-state index contributed by atoms with van der Waals surface area (Å²) in [5.41, 5.74) is 0.343. The Morgan fingerprint density at radius 1 is 1.10 bits per heavy atom. The number of benzene rings is 2. The third-order valence-electron chi connectivity index (χ3n) is 5.32. The second-order valence-corrected chi connectivity index (χ2v) is 9.06. The number of furan rings is 1. The Bertz CT molecular complexity index is 1280. The zero-order valence-electron chi connectivity index (χ0n) is 16.4. The fraction of sp³-hybridized carbons (Fsp3) is 0.250. The summed E-state index contributed by atoms with van der Waals surface area (Å²) in [4.78, 5) is 24.5. The summed E-state index contributed by atoms with van der Waals surface area (Å²) in [6.45, 7) is 2.04. The molecule has 0 spiro atoms. The SMILES string of the molecule is Cc1c(C(=O)N2CCN(S(=O)(=O)c3ccc([N+](=O)[O-])cc3)CC2)oc2c(F)cccc12. The topological polar surface area (TPSA) is 114 Å². The number of sulfonamides is 1. The van der Waals surface area contributed by atoms with Crippen LogP contribution < -0.4 is 0 Å². The van der Waals surface area contributed by atoms with E-state index in [1.54, 1.807) is 13.0 Å². The minimum atomic E-state index is -3.85. The summed E-state index contributed by atoms with van der Waals surface area (Å²) in [6.07, 6.45) is 0. The van der Waals surface area contributed by atoms with E-state index in [1.165, 1.54) is 33.5 Å². The molecule has 1 aliphatic rings. The van der Waals surface area contributed by atoms with Crippen LogP contribution >= 0.6 is 0 Å². The molecule has 1 fully saturated rings. The number of carbonyl (C=O) groups is 1. The Hall–Kier alpha value is -3.31. The lowest BCUT2D eigenvalue weighted by Crippen LogP contribution is -2.50. The molecule has 162 valence electrons. The molecule has 0 unspecified atom stereocenters. The van der Waals surface area contributed by atoms with Gasteiger partial charge in [0.15, 0.2) is 17.2 Å². The van der Waals surface area contributed by atoms with Gasteiger partial charge in [0, 0.05) is 49.3 Å². The van der Waals surface area contributed by atoms with Gasteiger partial charge < -0.3 is 9.32 Å². The lowest BCUT2D eigenvalue weighted by atomic mass is 10.1. The zero-order valence-corrected chi connectivity index (χ0v) is 17.3. The molecule has 0 radical (unpaired) electrons. The van der Waals surface area contributed by atoms with E-state index in [1.807, 2.05) is 0 Å². The van der Waals surface area contributed by atoms with Crippen molar-refractivity contribution in [3.63, 3.8) is 0 Å². The van der Waals surface area contributed by atoms with E-state index < -0.39 is 26.7 Å². The number of hydrogen-bond acceptors (Lipinski definition) is 6. The number of nitro groups is 1. The number of nitrogens with zero attached hydrogens (tertiary/aromatic N) is 3. The molecule has 0 N–H and O–H groups in total. The summed E-state index contributed by atoms with van der Waals surface area (Å²) >= 11 is 0. The maximum atomic E-state index is 14.0.